The van der Waals surface area contributed by atoms with Gasteiger partial charge in [0.25, 0.3) is 5.91 Å². The van der Waals surface area contributed by atoms with Crippen molar-refractivity contribution in [3.63, 3.8) is 0 Å². The minimum absolute atomic E-state index is 0.00774. The maximum absolute atomic E-state index is 12.6. The highest BCUT2D eigenvalue weighted by Gasteiger charge is 2.52. The van der Waals surface area contributed by atoms with Crippen LogP contribution in [-0.4, -0.2) is 63.4 Å². The molecule has 0 radical (unpaired) electrons. The molecular formula is C19H25N3O4. The number of carbonyl (C=O) groups excluding carboxylic acids is 2. The molecule has 3 heterocycles. The van der Waals surface area contributed by atoms with Crippen molar-refractivity contribution in [3.05, 3.63) is 23.5 Å². The molecule has 2 N–H and O–H groups in total. The second kappa shape index (κ2) is 6.14. The quantitative estimate of drug-likeness (QED) is 0.858. The number of rotatable bonds is 3. The minimum Gasteiger partial charge on any atom is -0.480 e. The van der Waals surface area contributed by atoms with E-state index in [1.54, 1.807) is 4.90 Å². The SMILES string of the molecule is Cc1c[nH]c(C(=O)N2CCC3(CC2)C[C@@H](C(=O)O)N(C(=O)C2CC2)C3)c1. The standard InChI is InChI=1S/C19H25N3O4/c1-12-8-14(20-10-12)17(24)21-6-4-19(5-7-21)9-15(18(25)26)22(11-19)16(23)13-2-3-13/h8,10,13,15,20H,2-7,9,11H2,1H3,(H,25,26)/t15-/m0/s1. The second-order valence-electron chi connectivity index (χ2n) is 8.18. The first-order valence-corrected chi connectivity index (χ1v) is 9.36. The van der Waals surface area contributed by atoms with E-state index in [1.807, 2.05) is 24.1 Å². The Morgan fingerprint density at radius 2 is 1.92 bits per heavy atom. The van der Waals surface area contributed by atoms with Gasteiger partial charge in [-0.05, 0) is 56.1 Å². The Kier molecular flexibility index (Phi) is 4.04. The lowest BCUT2D eigenvalue weighted by atomic mass is 9.76. The average molecular weight is 359 g/mol. The van der Waals surface area contributed by atoms with Gasteiger partial charge in [-0.1, -0.05) is 0 Å². The molecule has 2 aliphatic heterocycles. The predicted molar refractivity (Wildman–Crippen MR) is 93.6 cm³/mol. The Morgan fingerprint density at radius 3 is 2.46 bits per heavy atom. The van der Waals surface area contributed by atoms with Gasteiger partial charge in [0.2, 0.25) is 5.91 Å². The Hall–Kier alpha value is -2.31. The van der Waals surface area contributed by atoms with Crippen LogP contribution >= 0.6 is 0 Å². The number of aryl methyl sites for hydroxylation is 1. The number of aromatic nitrogens is 1. The number of hydrogen-bond acceptors (Lipinski definition) is 3. The summed E-state index contributed by atoms with van der Waals surface area (Å²) in [5.74, 6) is -0.873. The van der Waals surface area contributed by atoms with Crippen LogP contribution in [0.5, 0.6) is 0 Å². The molecule has 7 nitrogen and oxygen atoms in total. The molecule has 1 atom stereocenters. The first kappa shape index (κ1) is 17.1. The maximum Gasteiger partial charge on any atom is 0.326 e. The number of likely N-dealkylation sites (tertiary alicyclic amines) is 2. The smallest absolute Gasteiger partial charge is 0.326 e. The molecule has 0 bridgehead atoms. The molecule has 1 aromatic heterocycles. The number of H-pyrrole nitrogens is 1. The Labute approximate surface area is 152 Å². The van der Waals surface area contributed by atoms with E-state index < -0.39 is 12.0 Å². The van der Waals surface area contributed by atoms with Gasteiger partial charge in [-0.25, -0.2) is 4.79 Å². The largest absolute Gasteiger partial charge is 0.480 e. The second-order valence-corrected chi connectivity index (χ2v) is 8.18. The summed E-state index contributed by atoms with van der Waals surface area (Å²) in [5, 5.41) is 9.58. The normalized spacial score (nSPS) is 24.9. The number of amides is 2. The zero-order valence-electron chi connectivity index (χ0n) is 15.0. The number of piperidine rings is 1. The number of carboxylic acids is 1. The Morgan fingerprint density at radius 1 is 1.23 bits per heavy atom. The third-order valence-corrected chi connectivity index (χ3v) is 6.17. The third-order valence-electron chi connectivity index (χ3n) is 6.17. The van der Waals surface area contributed by atoms with Crippen LogP contribution in [-0.2, 0) is 9.59 Å². The van der Waals surface area contributed by atoms with Gasteiger partial charge < -0.3 is 19.9 Å². The third kappa shape index (κ3) is 2.99. The van der Waals surface area contributed by atoms with E-state index >= 15 is 0 Å². The van der Waals surface area contributed by atoms with Crippen molar-refractivity contribution in [2.45, 2.75) is 45.1 Å². The van der Waals surface area contributed by atoms with Crippen LogP contribution in [0.3, 0.4) is 0 Å². The summed E-state index contributed by atoms with van der Waals surface area (Å²) in [6.45, 7) is 3.67. The van der Waals surface area contributed by atoms with E-state index in [0.717, 1.165) is 31.2 Å². The van der Waals surface area contributed by atoms with Crippen molar-refractivity contribution >= 4 is 17.8 Å². The zero-order chi connectivity index (χ0) is 18.5. The van der Waals surface area contributed by atoms with E-state index in [2.05, 4.69) is 4.98 Å². The molecule has 1 aromatic rings. The van der Waals surface area contributed by atoms with Crippen LogP contribution < -0.4 is 0 Å². The number of nitrogens with one attached hydrogen (secondary N) is 1. The van der Waals surface area contributed by atoms with Crippen molar-refractivity contribution in [2.75, 3.05) is 19.6 Å². The molecule has 3 fully saturated rings. The van der Waals surface area contributed by atoms with Crippen molar-refractivity contribution in [1.29, 1.82) is 0 Å². The molecule has 1 saturated carbocycles. The summed E-state index contributed by atoms with van der Waals surface area (Å²) in [6.07, 6.45) is 5.57. The highest BCUT2D eigenvalue weighted by molar-refractivity contribution is 5.92. The molecular weight excluding hydrogens is 334 g/mol. The van der Waals surface area contributed by atoms with Crippen molar-refractivity contribution in [2.24, 2.45) is 11.3 Å². The zero-order valence-corrected chi connectivity index (χ0v) is 15.0. The van der Waals surface area contributed by atoms with Gasteiger partial charge in [0.15, 0.2) is 0 Å². The minimum atomic E-state index is -0.906. The van der Waals surface area contributed by atoms with E-state index in [-0.39, 0.29) is 23.1 Å². The van der Waals surface area contributed by atoms with E-state index in [9.17, 15) is 19.5 Å². The van der Waals surface area contributed by atoms with E-state index in [0.29, 0.717) is 31.7 Å². The summed E-state index contributed by atoms with van der Waals surface area (Å²) in [4.78, 5) is 43.2. The molecule has 2 saturated heterocycles. The summed E-state index contributed by atoms with van der Waals surface area (Å²) >= 11 is 0. The van der Waals surface area contributed by atoms with Crippen molar-refractivity contribution in [3.8, 4) is 0 Å². The van der Waals surface area contributed by atoms with Crippen LogP contribution in [0.4, 0.5) is 0 Å². The summed E-state index contributed by atoms with van der Waals surface area (Å²) in [6, 6.07) is 1.13. The molecule has 4 rings (SSSR count). The van der Waals surface area contributed by atoms with Crippen LogP contribution in [0.2, 0.25) is 0 Å². The monoisotopic (exact) mass is 359 g/mol. The molecule has 26 heavy (non-hydrogen) atoms. The molecule has 3 aliphatic rings. The van der Waals surface area contributed by atoms with Crippen LogP contribution in [0.25, 0.3) is 0 Å². The lowest BCUT2D eigenvalue weighted by molar-refractivity contribution is -0.148. The molecule has 0 unspecified atom stereocenters. The van der Waals surface area contributed by atoms with Crippen LogP contribution in [0.15, 0.2) is 12.3 Å². The first-order chi connectivity index (χ1) is 12.4. The summed E-state index contributed by atoms with van der Waals surface area (Å²) in [5.41, 5.74) is 1.45. The van der Waals surface area contributed by atoms with Crippen LogP contribution in [0, 0.1) is 18.3 Å². The first-order valence-electron chi connectivity index (χ1n) is 9.36. The van der Waals surface area contributed by atoms with Gasteiger partial charge in [-0.3, -0.25) is 9.59 Å². The number of aromatic amines is 1. The number of aliphatic carboxylic acids is 1. The topological polar surface area (TPSA) is 93.7 Å². The van der Waals surface area contributed by atoms with Gasteiger partial charge in [0.1, 0.15) is 11.7 Å². The molecule has 140 valence electrons. The fourth-order valence-electron chi connectivity index (χ4n) is 4.42. The van der Waals surface area contributed by atoms with Gasteiger partial charge in [-0.15, -0.1) is 0 Å². The molecule has 1 aliphatic carbocycles. The maximum atomic E-state index is 12.6. The number of carboxylic acid groups (broad SMARTS) is 1. The van der Waals surface area contributed by atoms with Gasteiger partial charge in [0, 0.05) is 31.7 Å². The predicted octanol–water partition coefficient (Wildman–Crippen LogP) is 1.64. The Balaban J connectivity index is 1.43. The summed E-state index contributed by atoms with van der Waals surface area (Å²) in [7, 11) is 0. The van der Waals surface area contributed by atoms with E-state index in [1.165, 1.54) is 0 Å². The van der Waals surface area contributed by atoms with Crippen molar-refractivity contribution < 1.29 is 19.5 Å². The molecule has 0 aromatic carbocycles. The average Bonchev–Trinajstić information content (AvgIpc) is 3.28. The van der Waals surface area contributed by atoms with Gasteiger partial charge in [-0.2, -0.15) is 0 Å². The number of hydrogen-bond donors (Lipinski definition) is 2. The molecule has 1 spiro atoms. The van der Waals surface area contributed by atoms with Crippen molar-refractivity contribution in [1.82, 2.24) is 14.8 Å². The lowest BCUT2D eigenvalue weighted by Gasteiger charge is -2.39. The highest BCUT2D eigenvalue weighted by atomic mass is 16.4. The van der Waals surface area contributed by atoms with Gasteiger partial charge >= 0.3 is 5.97 Å². The Bertz CT molecular complexity index is 744. The molecule has 2 amide bonds. The summed E-state index contributed by atoms with van der Waals surface area (Å²) < 4.78 is 0. The van der Waals surface area contributed by atoms with E-state index in [4.69, 9.17) is 0 Å². The lowest BCUT2D eigenvalue weighted by Crippen LogP contribution is -2.45. The number of carbonyl (C=O) groups is 3. The fourth-order valence-corrected chi connectivity index (χ4v) is 4.42. The molecule has 7 heteroatoms. The van der Waals surface area contributed by atoms with Gasteiger partial charge in [0.05, 0.1) is 0 Å². The highest BCUT2D eigenvalue weighted by Crippen LogP contribution is 2.45. The fraction of sp³-hybridized carbons (Fsp3) is 0.632. The van der Waals surface area contributed by atoms with Crippen LogP contribution in [0.1, 0.15) is 48.2 Å². The number of nitrogens with zero attached hydrogens (tertiary/aromatic N) is 2.